The number of hydrogen-bond acceptors (Lipinski definition) is 5. The number of hydrogen-bond donors (Lipinski definition) is 3. The number of nitrogens with one attached hydrogen (secondary N) is 3. The highest BCUT2D eigenvalue weighted by atomic mass is 35.5. The van der Waals surface area contributed by atoms with Gasteiger partial charge in [0.2, 0.25) is 11.8 Å². The van der Waals surface area contributed by atoms with Crippen LogP contribution < -0.4 is 16.0 Å². The maximum absolute atomic E-state index is 12.6. The van der Waals surface area contributed by atoms with Gasteiger partial charge in [0.15, 0.2) is 0 Å². The molecule has 7 nitrogen and oxygen atoms in total. The molecule has 0 bridgehead atoms. The molecule has 0 aromatic carbocycles. The number of amides is 2. The molecule has 3 heterocycles. The summed E-state index contributed by atoms with van der Waals surface area (Å²) in [6.45, 7) is 1.86. The Hall–Kier alpha value is -2.25. The summed E-state index contributed by atoms with van der Waals surface area (Å²) in [5.74, 6) is 1.08. The maximum atomic E-state index is 12.6. The molecule has 3 rings (SSSR count). The molecule has 2 aromatic heterocycles. The highest BCUT2D eigenvalue weighted by Gasteiger charge is 2.42. The van der Waals surface area contributed by atoms with Crippen LogP contribution in [0.4, 0.5) is 0 Å². The Kier molecular flexibility index (Phi) is 6.66. The predicted molar refractivity (Wildman–Crippen MR) is 92.9 cm³/mol. The van der Waals surface area contributed by atoms with Crippen molar-refractivity contribution in [1.29, 1.82) is 0 Å². The van der Waals surface area contributed by atoms with Crippen molar-refractivity contribution in [3.8, 4) is 0 Å². The lowest BCUT2D eigenvalue weighted by atomic mass is 9.82. The summed E-state index contributed by atoms with van der Waals surface area (Å²) in [6, 6.07) is 7.14. The zero-order valence-corrected chi connectivity index (χ0v) is 14.6. The Labute approximate surface area is 151 Å². The van der Waals surface area contributed by atoms with Crippen LogP contribution in [-0.2, 0) is 22.7 Å². The molecule has 1 aliphatic heterocycles. The zero-order chi connectivity index (χ0) is 16.8. The fourth-order valence-electron chi connectivity index (χ4n) is 2.91. The van der Waals surface area contributed by atoms with Crippen LogP contribution in [0, 0.1) is 5.41 Å². The van der Waals surface area contributed by atoms with Gasteiger partial charge in [-0.25, -0.2) is 0 Å². The van der Waals surface area contributed by atoms with Crippen LogP contribution in [0.3, 0.4) is 0 Å². The van der Waals surface area contributed by atoms with Crippen molar-refractivity contribution in [3.05, 3.63) is 48.3 Å². The van der Waals surface area contributed by atoms with E-state index in [9.17, 15) is 9.59 Å². The molecule has 0 spiro atoms. The standard InChI is InChI=1S/C17H21N3O4.ClH/c21-15(19-10-13-3-1-7-23-13)9-17(5-6-18-12-17)16(22)20-11-14-4-2-8-24-14;/h1-4,7-8,18H,5-6,9-12H2,(H,19,21)(H,20,22);1H. The largest absolute Gasteiger partial charge is 0.467 e. The van der Waals surface area contributed by atoms with E-state index in [2.05, 4.69) is 16.0 Å². The average Bonchev–Trinajstić information content (AvgIpc) is 3.32. The number of carbonyl (C=O) groups is 2. The Balaban J connectivity index is 0.00000225. The van der Waals surface area contributed by atoms with Gasteiger partial charge in [-0.15, -0.1) is 12.4 Å². The van der Waals surface area contributed by atoms with E-state index in [-0.39, 0.29) is 30.6 Å². The molecule has 1 atom stereocenters. The van der Waals surface area contributed by atoms with Gasteiger partial charge in [0.1, 0.15) is 11.5 Å². The first-order valence-electron chi connectivity index (χ1n) is 7.98. The van der Waals surface area contributed by atoms with Gasteiger partial charge in [0.05, 0.1) is 31.0 Å². The Morgan fingerprint density at radius 1 is 1.08 bits per heavy atom. The van der Waals surface area contributed by atoms with Crippen molar-refractivity contribution < 1.29 is 18.4 Å². The minimum atomic E-state index is -0.722. The van der Waals surface area contributed by atoms with Crippen molar-refractivity contribution in [2.24, 2.45) is 5.41 Å². The third-order valence-electron chi connectivity index (χ3n) is 4.27. The summed E-state index contributed by atoms with van der Waals surface area (Å²) in [6.07, 6.45) is 3.90. The topological polar surface area (TPSA) is 96.5 Å². The normalized spacial score (nSPS) is 19.2. The smallest absolute Gasteiger partial charge is 0.228 e. The number of furan rings is 2. The van der Waals surface area contributed by atoms with Crippen molar-refractivity contribution in [2.45, 2.75) is 25.9 Å². The van der Waals surface area contributed by atoms with Crippen LogP contribution in [0.25, 0.3) is 0 Å². The Bertz CT molecular complexity index is 664. The molecule has 2 aromatic rings. The van der Waals surface area contributed by atoms with E-state index in [1.807, 2.05) is 0 Å². The predicted octanol–water partition coefficient (Wildman–Crippen LogP) is 1.60. The van der Waals surface area contributed by atoms with Gasteiger partial charge in [-0.2, -0.15) is 0 Å². The first-order valence-corrected chi connectivity index (χ1v) is 7.98. The number of halogens is 1. The molecule has 8 heteroatoms. The van der Waals surface area contributed by atoms with Gasteiger partial charge in [-0.3, -0.25) is 9.59 Å². The first kappa shape index (κ1) is 19.1. The lowest BCUT2D eigenvalue weighted by molar-refractivity contribution is -0.135. The second kappa shape index (κ2) is 8.73. The molecular formula is C17H22ClN3O4. The molecule has 0 radical (unpaired) electrons. The van der Waals surface area contributed by atoms with E-state index in [1.54, 1.807) is 36.8 Å². The summed E-state index contributed by atoms with van der Waals surface area (Å²) in [7, 11) is 0. The average molecular weight is 368 g/mol. The minimum absolute atomic E-state index is 0. The molecule has 0 aliphatic carbocycles. The van der Waals surface area contributed by atoms with E-state index in [0.29, 0.717) is 37.6 Å². The van der Waals surface area contributed by atoms with E-state index in [0.717, 1.165) is 6.54 Å². The minimum Gasteiger partial charge on any atom is -0.467 e. The summed E-state index contributed by atoms with van der Waals surface area (Å²) in [4.78, 5) is 24.9. The number of carbonyl (C=O) groups excluding carboxylic acids is 2. The third kappa shape index (κ3) is 4.87. The van der Waals surface area contributed by atoms with Crippen LogP contribution in [0.15, 0.2) is 45.6 Å². The summed E-state index contributed by atoms with van der Waals surface area (Å²) in [5.41, 5.74) is -0.722. The summed E-state index contributed by atoms with van der Waals surface area (Å²) in [5, 5.41) is 8.85. The fourth-order valence-corrected chi connectivity index (χ4v) is 2.91. The molecule has 25 heavy (non-hydrogen) atoms. The SMILES string of the molecule is Cl.O=C(CC1(C(=O)NCc2ccco2)CCNC1)NCc1ccco1. The van der Waals surface area contributed by atoms with Gasteiger partial charge in [-0.05, 0) is 37.2 Å². The van der Waals surface area contributed by atoms with E-state index in [4.69, 9.17) is 8.83 Å². The van der Waals surface area contributed by atoms with Gasteiger partial charge in [-0.1, -0.05) is 0 Å². The van der Waals surface area contributed by atoms with E-state index in [1.165, 1.54) is 0 Å². The third-order valence-corrected chi connectivity index (χ3v) is 4.27. The number of rotatable bonds is 7. The molecule has 2 amide bonds. The second-order valence-corrected chi connectivity index (χ2v) is 6.00. The molecule has 136 valence electrons. The van der Waals surface area contributed by atoms with Gasteiger partial charge < -0.3 is 24.8 Å². The molecule has 0 saturated carbocycles. The first-order chi connectivity index (χ1) is 11.7. The monoisotopic (exact) mass is 367 g/mol. The van der Waals surface area contributed by atoms with Crippen LogP contribution in [0.1, 0.15) is 24.4 Å². The molecule has 1 unspecified atom stereocenters. The second-order valence-electron chi connectivity index (χ2n) is 6.00. The quantitative estimate of drug-likeness (QED) is 0.690. The van der Waals surface area contributed by atoms with Gasteiger partial charge in [0.25, 0.3) is 0 Å². The lowest BCUT2D eigenvalue weighted by Gasteiger charge is -2.26. The highest BCUT2D eigenvalue weighted by Crippen LogP contribution is 2.30. The van der Waals surface area contributed by atoms with E-state index < -0.39 is 5.41 Å². The summed E-state index contributed by atoms with van der Waals surface area (Å²) < 4.78 is 10.4. The zero-order valence-electron chi connectivity index (χ0n) is 13.7. The molecule has 3 N–H and O–H groups in total. The van der Waals surface area contributed by atoms with Crippen molar-refractivity contribution in [3.63, 3.8) is 0 Å². The Morgan fingerprint density at radius 2 is 1.72 bits per heavy atom. The fraction of sp³-hybridized carbons (Fsp3) is 0.412. The molecule has 1 fully saturated rings. The lowest BCUT2D eigenvalue weighted by Crippen LogP contribution is -2.45. The van der Waals surface area contributed by atoms with Crippen LogP contribution >= 0.6 is 12.4 Å². The summed E-state index contributed by atoms with van der Waals surface area (Å²) >= 11 is 0. The van der Waals surface area contributed by atoms with Crippen LogP contribution in [0.5, 0.6) is 0 Å². The maximum Gasteiger partial charge on any atom is 0.228 e. The van der Waals surface area contributed by atoms with Crippen molar-refractivity contribution in [1.82, 2.24) is 16.0 Å². The van der Waals surface area contributed by atoms with Crippen molar-refractivity contribution in [2.75, 3.05) is 13.1 Å². The molecular weight excluding hydrogens is 346 g/mol. The van der Waals surface area contributed by atoms with Crippen LogP contribution in [0.2, 0.25) is 0 Å². The highest BCUT2D eigenvalue weighted by molar-refractivity contribution is 5.89. The Morgan fingerprint density at radius 3 is 2.24 bits per heavy atom. The van der Waals surface area contributed by atoms with Crippen molar-refractivity contribution >= 4 is 24.2 Å². The molecule has 1 saturated heterocycles. The van der Waals surface area contributed by atoms with E-state index >= 15 is 0 Å². The molecule has 1 aliphatic rings. The van der Waals surface area contributed by atoms with Gasteiger partial charge in [0, 0.05) is 13.0 Å². The van der Waals surface area contributed by atoms with Gasteiger partial charge >= 0.3 is 0 Å². The van der Waals surface area contributed by atoms with Crippen LogP contribution in [-0.4, -0.2) is 24.9 Å².